The van der Waals surface area contributed by atoms with E-state index in [1.807, 2.05) is 48.5 Å². The van der Waals surface area contributed by atoms with Crippen LogP contribution in [0.2, 0.25) is 0 Å². The number of ether oxygens (including phenoxy) is 1. The van der Waals surface area contributed by atoms with Gasteiger partial charge in [-0.1, -0.05) is 30.3 Å². The zero-order valence-corrected chi connectivity index (χ0v) is 12.2. The highest BCUT2D eigenvalue weighted by Crippen LogP contribution is 2.24. The molecule has 0 aliphatic carbocycles. The summed E-state index contributed by atoms with van der Waals surface area (Å²) in [7, 11) is 1.59. The molecule has 0 saturated heterocycles. The highest BCUT2D eigenvalue weighted by molar-refractivity contribution is 5.75. The predicted molar refractivity (Wildman–Crippen MR) is 86.0 cm³/mol. The van der Waals surface area contributed by atoms with E-state index in [0.29, 0.717) is 18.1 Å². The fourth-order valence-corrected chi connectivity index (χ4v) is 2.30. The van der Waals surface area contributed by atoms with Crippen LogP contribution in [0.5, 0.6) is 5.75 Å². The minimum absolute atomic E-state index is 0.327. The maximum atomic E-state index is 10.3. The monoisotopic (exact) mass is 295 g/mol. The van der Waals surface area contributed by atoms with Crippen LogP contribution in [0.4, 0.5) is 5.82 Å². The predicted octanol–water partition coefficient (Wildman–Crippen LogP) is 2.78. The molecule has 1 atom stereocenters. The summed E-state index contributed by atoms with van der Waals surface area (Å²) in [5, 5.41) is 13.4. The zero-order chi connectivity index (χ0) is 15.4. The standard InChI is InChI=1S/C17H17N3O2/c1-22-16-9-5-2-6-12(16)15(21)10-19-17-11-18-13-7-3-4-8-14(13)20-17/h2-9,11,15,21H,10H2,1H3,(H,19,20)/t15-/m1/s1. The Morgan fingerprint density at radius 3 is 2.64 bits per heavy atom. The van der Waals surface area contributed by atoms with Crippen LogP contribution in [0.25, 0.3) is 11.0 Å². The fraction of sp³-hybridized carbons (Fsp3) is 0.176. The molecule has 0 amide bonds. The van der Waals surface area contributed by atoms with Crippen molar-refractivity contribution in [3.63, 3.8) is 0 Å². The Bertz CT molecular complexity index is 776. The van der Waals surface area contributed by atoms with Gasteiger partial charge in [-0.2, -0.15) is 0 Å². The van der Waals surface area contributed by atoms with E-state index in [0.717, 1.165) is 16.6 Å². The molecule has 1 heterocycles. The van der Waals surface area contributed by atoms with Crippen molar-refractivity contribution in [3.05, 3.63) is 60.3 Å². The van der Waals surface area contributed by atoms with Crippen LogP contribution in [0.1, 0.15) is 11.7 Å². The molecule has 5 heteroatoms. The largest absolute Gasteiger partial charge is 0.496 e. The van der Waals surface area contributed by atoms with Gasteiger partial charge in [-0.05, 0) is 18.2 Å². The van der Waals surface area contributed by atoms with E-state index in [2.05, 4.69) is 15.3 Å². The number of nitrogens with one attached hydrogen (secondary N) is 1. The number of fused-ring (bicyclic) bond motifs is 1. The van der Waals surface area contributed by atoms with Gasteiger partial charge in [0.05, 0.1) is 30.4 Å². The lowest BCUT2D eigenvalue weighted by Crippen LogP contribution is -2.14. The number of nitrogens with zero attached hydrogens (tertiary/aromatic N) is 2. The van der Waals surface area contributed by atoms with Crippen LogP contribution < -0.4 is 10.1 Å². The minimum atomic E-state index is -0.690. The highest BCUT2D eigenvalue weighted by atomic mass is 16.5. The molecule has 1 aromatic heterocycles. The average Bonchev–Trinajstić information content (AvgIpc) is 2.59. The Labute approximate surface area is 128 Å². The zero-order valence-electron chi connectivity index (χ0n) is 12.2. The van der Waals surface area contributed by atoms with Crippen molar-refractivity contribution < 1.29 is 9.84 Å². The molecular formula is C17H17N3O2. The summed E-state index contributed by atoms with van der Waals surface area (Å²) in [4.78, 5) is 8.80. The van der Waals surface area contributed by atoms with Crippen molar-refractivity contribution >= 4 is 16.9 Å². The van der Waals surface area contributed by atoms with Gasteiger partial charge in [0.1, 0.15) is 11.6 Å². The summed E-state index contributed by atoms with van der Waals surface area (Å²) in [5.41, 5.74) is 2.41. The van der Waals surface area contributed by atoms with E-state index < -0.39 is 6.10 Å². The van der Waals surface area contributed by atoms with Crippen LogP contribution in [0, 0.1) is 0 Å². The van der Waals surface area contributed by atoms with Gasteiger partial charge in [0.15, 0.2) is 0 Å². The molecule has 22 heavy (non-hydrogen) atoms. The maximum absolute atomic E-state index is 10.3. The van der Waals surface area contributed by atoms with Crippen LogP contribution in [-0.2, 0) is 0 Å². The molecule has 3 rings (SSSR count). The topological polar surface area (TPSA) is 67.3 Å². The fourth-order valence-electron chi connectivity index (χ4n) is 2.30. The first-order chi connectivity index (χ1) is 10.8. The second-order valence-corrected chi connectivity index (χ2v) is 4.88. The molecule has 0 aliphatic heterocycles. The summed E-state index contributed by atoms with van der Waals surface area (Å²) in [5.74, 6) is 1.30. The van der Waals surface area contributed by atoms with Gasteiger partial charge in [-0.25, -0.2) is 4.98 Å². The third-order valence-corrected chi connectivity index (χ3v) is 3.42. The Kier molecular flexibility index (Phi) is 4.16. The number of hydrogen-bond donors (Lipinski definition) is 2. The summed E-state index contributed by atoms with van der Waals surface area (Å²) in [6, 6.07) is 15.1. The lowest BCUT2D eigenvalue weighted by Gasteiger charge is -2.15. The number of aliphatic hydroxyl groups excluding tert-OH is 1. The second kappa shape index (κ2) is 6.41. The molecule has 3 aromatic rings. The van der Waals surface area contributed by atoms with Gasteiger partial charge >= 0.3 is 0 Å². The van der Waals surface area contributed by atoms with Crippen molar-refractivity contribution in [3.8, 4) is 5.75 Å². The van der Waals surface area contributed by atoms with Gasteiger partial charge in [-0.3, -0.25) is 4.98 Å². The SMILES string of the molecule is COc1ccccc1[C@H](O)CNc1cnc2ccccc2n1. The highest BCUT2D eigenvalue weighted by Gasteiger charge is 2.12. The van der Waals surface area contributed by atoms with E-state index in [-0.39, 0.29) is 0 Å². The van der Waals surface area contributed by atoms with Crippen LogP contribution in [0.15, 0.2) is 54.7 Å². The Balaban J connectivity index is 1.73. The summed E-state index contributed by atoms with van der Waals surface area (Å²) >= 11 is 0. The Morgan fingerprint density at radius 1 is 1.09 bits per heavy atom. The van der Waals surface area contributed by atoms with Crippen LogP contribution >= 0.6 is 0 Å². The minimum Gasteiger partial charge on any atom is -0.496 e. The van der Waals surface area contributed by atoms with Gasteiger partial charge in [-0.15, -0.1) is 0 Å². The molecule has 2 aromatic carbocycles. The van der Waals surface area contributed by atoms with Gasteiger partial charge < -0.3 is 15.2 Å². The number of anilines is 1. The number of methoxy groups -OCH3 is 1. The third kappa shape index (κ3) is 2.99. The van der Waals surface area contributed by atoms with E-state index in [9.17, 15) is 5.11 Å². The number of para-hydroxylation sites is 3. The Morgan fingerprint density at radius 2 is 1.82 bits per heavy atom. The molecule has 0 aliphatic rings. The lowest BCUT2D eigenvalue weighted by atomic mass is 10.1. The van der Waals surface area contributed by atoms with Crippen molar-refractivity contribution in [2.24, 2.45) is 0 Å². The van der Waals surface area contributed by atoms with E-state index in [4.69, 9.17) is 4.74 Å². The summed E-state index contributed by atoms with van der Waals surface area (Å²) in [6.07, 6.45) is 0.974. The molecule has 0 saturated carbocycles. The van der Waals surface area contributed by atoms with Crippen molar-refractivity contribution in [1.29, 1.82) is 0 Å². The first-order valence-corrected chi connectivity index (χ1v) is 7.04. The van der Waals surface area contributed by atoms with Gasteiger partial charge in [0.25, 0.3) is 0 Å². The van der Waals surface area contributed by atoms with Crippen LogP contribution in [0.3, 0.4) is 0 Å². The average molecular weight is 295 g/mol. The van der Waals surface area contributed by atoms with E-state index in [1.165, 1.54) is 0 Å². The molecule has 0 bridgehead atoms. The molecular weight excluding hydrogens is 278 g/mol. The molecule has 5 nitrogen and oxygen atoms in total. The first-order valence-electron chi connectivity index (χ1n) is 7.04. The lowest BCUT2D eigenvalue weighted by molar-refractivity contribution is 0.187. The quantitative estimate of drug-likeness (QED) is 0.757. The normalized spacial score (nSPS) is 12.1. The smallest absolute Gasteiger partial charge is 0.145 e. The maximum Gasteiger partial charge on any atom is 0.145 e. The van der Waals surface area contributed by atoms with Gasteiger partial charge in [0.2, 0.25) is 0 Å². The van der Waals surface area contributed by atoms with Crippen molar-refractivity contribution in [2.45, 2.75) is 6.10 Å². The molecule has 112 valence electrons. The van der Waals surface area contributed by atoms with Gasteiger partial charge in [0, 0.05) is 12.1 Å². The summed E-state index contributed by atoms with van der Waals surface area (Å²) < 4.78 is 5.26. The van der Waals surface area contributed by atoms with Crippen molar-refractivity contribution in [2.75, 3.05) is 19.0 Å². The molecule has 0 unspecified atom stereocenters. The van der Waals surface area contributed by atoms with Crippen molar-refractivity contribution in [1.82, 2.24) is 9.97 Å². The third-order valence-electron chi connectivity index (χ3n) is 3.42. The molecule has 0 radical (unpaired) electrons. The second-order valence-electron chi connectivity index (χ2n) is 4.88. The summed E-state index contributed by atoms with van der Waals surface area (Å²) in [6.45, 7) is 0.327. The molecule has 2 N–H and O–H groups in total. The van der Waals surface area contributed by atoms with Crippen LogP contribution in [-0.4, -0.2) is 28.7 Å². The number of hydrogen-bond acceptors (Lipinski definition) is 5. The number of aromatic nitrogens is 2. The molecule has 0 fully saturated rings. The number of aliphatic hydroxyl groups is 1. The van der Waals surface area contributed by atoms with E-state index in [1.54, 1.807) is 13.3 Å². The number of benzene rings is 2. The Hall–Kier alpha value is -2.66. The van der Waals surface area contributed by atoms with E-state index >= 15 is 0 Å². The first kappa shape index (κ1) is 14.3. The molecule has 0 spiro atoms. The number of rotatable bonds is 5.